The fourth-order valence-electron chi connectivity index (χ4n) is 4.71. The molecule has 29 heavy (non-hydrogen) atoms. The van der Waals surface area contributed by atoms with Crippen molar-refractivity contribution in [3.05, 3.63) is 34.1 Å². The molecule has 3 heterocycles. The van der Waals surface area contributed by atoms with Crippen LogP contribution in [0.3, 0.4) is 0 Å². The van der Waals surface area contributed by atoms with E-state index in [1.807, 2.05) is 6.92 Å². The van der Waals surface area contributed by atoms with E-state index in [9.17, 15) is 9.59 Å². The summed E-state index contributed by atoms with van der Waals surface area (Å²) in [6.07, 6.45) is 5.10. The summed E-state index contributed by atoms with van der Waals surface area (Å²) in [5.41, 5.74) is 0.357. The molecule has 0 spiro atoms. The average molecular weight is 421 g/mol. The van der Waals surface area contributed by atoms with Crippen molar-refractivity contribution in [2.45, 2.75) is 63.7 Å². The monoisotopic (exact) mass is 420 g/mol. The second-order valence-corrected chi connectivity index (χ2v) is 7.98. The van der Waals surface area contributed by atoms with Gasteiger partial charge in [-0.1, -0.05) is 6.92 Å². The van der Waals surface area contributed by atoms with E-state index in [1.165, 1.54) is 12.8 Å². The third kappa shape index (κ3) is 3.98. The lowest BCUT2D eigenvalue weighted by Gasteiger charge is -2.36. The molecule has 1 aromatic carbocycles. The average Bonchev–Trinajstić information content (AvgIpc) is 2.90. The summed E-state index contributed by atoms with van der Waals surface area (Å²) < 4.78 is 7.02. The molecule has 1 N–H and O–H groups in total. The predicted octanol–water partition coefficient (Wildman–Crippen LogP) is 2.59. The Labute approximate surface area is 176 Å². The summed E-state index contributed by atoms with van der Waals surface area (Å²) in [5.74, 6) is 0.305. The quantitative estimate of drug-likeness (QED) is 0.804. The third-order valence-electron chi connectivity index (χ3n) is 6.25. The smallest absolute Gasteiger partial charge is 0.276 e. The van der Waals surface area contributed by atoms with E-state index in [0.717, 1.165) is 19.3 Å². The Bertz CT molecular complexity index is 947. The van der Waals surface area contributed by atoms with E-state index < -0.39 is 0 Å². The SMILES string of the molecule is CCCn1nc(C(=O)NC2C[C@H]3CC[C@@H](C2)N3C)c(=O)c2ccc(OC)cc21.Cl. The molecule has 1 unspecified atom stereocenters. The first-order valence-corrected chi connectivity index (χ1v) is 10.1. The third-order valence-corrected chi connectivity index (χ3v) is 6.25. The fourth-order valence-corrected chi connectivity index (χ4v) is 4.71. The number of nitrogens with one attached hydrogen (secondary N) is 1. The molecule has 2 aromatic rings. The van der Waals surface area contributed by atoms with E-state index >= 15 is 0 Å². The second kappa shape index (κ2) is 8.71. The van der Waals surface area contributed by atoms with Crippen LogP contribution in [0.15, 0.2) is 23.0 Å². The van der Waals surface area contributed by atoms with Crippen LogP contribution in [0.25, 0.3) is 10.9 Å². The molecule has 2 bridgehead atoms. The number of fused-ring (bicyclic) bond motifs is 3. The number of piperidine rings is 1. The number of benzene rings is 1. The minimum Gasteiger partial charge on any atom is -0.497 e. The number of carbonyl (C=O) groups is 1. The first kappa shape index (κ1) is 21.6. The standard InChI is InChI=1S/C21H28N4O3.ClH/c1-4-9-25-18-12-16(28-3)7-8-17(18)20(26)19(23-25)21(27)22-13-10-14-5-6-15(11-13)24(14)2;/h7-8,12-15H,4-6,9-11H2,1-3H3,(H,22,27);1H/t13?,14-,15+;. The molecular weight excluding hydrogens is 392 g/mol. The number of hydrogen-bond donors (Lipinski definition) is 1. The predicted molar refractivity (Wildman–Crippen MR) is 115 cm³/mol. The lowest BCUT2D eigenvalue weighted by molar-refractivity contribution is 0.0874. The van der Waals surface area contributed by atoms with Gasteiger partial charge in [-0.05, 0) is 51.3 Å². The minimum atomic E-state index is -0.360. The van der Waals surface area contributed by atoms with Crippen molar-refractivity contribution in [3.8, 4) is 5.75 Å². The Morgan fingerprint density at radius 2 is 1.97 bits per heavy atom. The summed E-state index contributed by atoms with van der Waals surface area (Å²) in [6.45, 7) is 2.67. The first-order valence-electron chi connectivity index (χ1n) is 10.1. The summed E-state index contributed by atoms with van der Waals surface area (Å²) in [6, 6.07) is 6.42. The number of halogens is 1. The summed E-state index contributed by atoms with van der Waals surface area (Å²) >= 11 is 0. The topological polar surface area (TPSA) is 76.5 Å². The van der Waals surface area contributed by atoms with Gasteiger partial charge in [0.2, 0.25) is 5.43 Å². The van der Waals surface area contributed by atoms with E-state index in [1.54, 1.807) is 30.0 Å². The van der Waals surface area contributed by atoms with Crippen LogP contribution in [0, 0.1) is 0 Å². The molecule has 1 amide bonds. The van der Waals surface area contributed by atoms with Gasteiger partial charge in [0.05, 0.1) is 18.0 Å². The van der Waals surface area contributed by atoms with Crippen LogP contribution < -0.4 is 15.5 Å². The van der Waals surface area contributed by atoms with E-state index in [2.05, 4.69) is 22.4 Å². The number of ether oxygens (including phenoxy) is 1. The Morgan fingerprint density at radius 3 is 2.59 bits per heavy atom. The maximum absolute atomic E-state index is 13.0. The van der Waals surface area contributed by atoms with Gasteiger partial charge in [0.15, 0.2) is 5.69 Å². The highest BCUT2D eigenvalue weighted by Gasteiger charge is 2.39. The van der Waals surface area contributed by atoms with Crippen molar-refractivity contribution in [1.82, 2.24) is 20.0 Å². The summed E-state index contributed by atoms with van der Waals surface area (Å²) in [7, 11) is 3.76. The van der Waals surface area contributed by atoms with Gasteiger partial charge in [0, 0.05) is 30.7 Å². The van der Waals surface area contributed by atoms with Crippen LogP contribution in [0.4, 0.5) is 0 Å². The molecular formula is C21H29ClN4O3. The highest BCUT2D eigenvalue weighted by Crippen LogP contribution is 2.34. The van der Waals surface area contributed by atoms with Crippen molar-refractivity contribution < 1.29 is 9.53 Å². The Morgan fingerprint density at radius 1 is 1.28 bits per heavy atom. The van der Waals surface area contributed by atoms with Crippen LogP contribution in [0.1, 0.15) is 49.5 Å². The molecule has 8 heteroatoms. The zero-order chi connectivity index (χ0) is 19.8. The molecule has 2 saturated heterocycles. The van der Waals surface area contributed by atoms with Crippen molar-refractivity contribution >= 4 is 29.2 Å². The molecule has 0 aliphatic carbocycles. The number of aromatic nitrogens is 2. The summed E-state index contributed by atoms with van der Waals surface area (Å²) in [4.78, 5) is 28.4. The van der Waals surface area contributed by atoms with Crippen molar-refractivity contribution in [1.29, 1.82) is 0 Å². The Balaban J connectivity index is 0.00000240. The highest BCUT2D eigenvalue weighted by atomic mass is 35.5. The number of aryl methyl sites for hydroxylation is 1. The molecule has 2 aliphatic heterocycles. The van der Waals surface area contributed by atoms with Gasteiger partial charge in [-0.15, -0.1) is 12.4 Å². The zero-order valence-corrected chi connectivity index (χ0v) is 18.0. The van der Waals surface area contributed by atoms with Crippen LogP contribution in [0.2, 0.25) is 0 Å². The van der Waals surface area contributed by atoms with Gasteiger partial charge in [0.1, 0.15) is 5.75 Å². The maximum atomic E-state index is 13.0. The molecule has 4 rings (SSSR count). The normalized spacial score (nSPS) is 23.6. The number of rotatable bonds is 5. The van der Waals surface area contributed by atoms with Crippen LogP contribution in [0.5, 0.6) is 5.75 Å². The first-order chi connectivity index (χ1) is 13.5. The Hall–Kier alpha value is -2.12. The zero-order valence-electron chi connectivity index (χ0n) is 17.2. The summed E-state index contributed by atoms with van der Waals surface area (Å²) in [5, 5.41) is 8.01. The van der Waals surface area contributed by atoms with Gasteiger partial charge >= 0.3 is 0 Å². The molecule has 158 valence electrons. The molecule has 0 saturated carbocycles. The van der Waals surface area contributed by atoms with E-state index in [4.69, 9.17) is 4.74 Å². The van der Waals surface area contributed by atoms with Crippen LogP contribution in [-0.2, 0) is 6.54 Å². The fraction of sp³-hybridized carbons (Fsp3) is 0.571. The van der Waals surface area contributed by atoms with Gasteiger partial charge in [-0.2, -0.15) is 5.10 Å². The highest BCUT2D eigenvalue weighted by molar-refractivity contribution is 5.95. The van der Waals surface area contributed by atoms with Crippen molar-refractivity contribution in [3.63, 3.8) is 0 Å². The van der Waals surface area contributed by atoms with E-state index in [-0.39, 0.29) is 35.5 Å². The molecule has 7 nitrogen and oxygen atoms in total. The number of nitrogens with zero attached hydrogens (tertiary/aromatic N) is 3. The Kier molecular flexibility index (Phi) is 6.49. The lowest BCUT2D eigenvalue weighted by Crippen LogP contribution is -2.49. The molecule has 3 atom stereocenters. The second-order valence-electron chi connectivity index (χ2n) is 7.98. The lowest BCUT2D eigenvalue weighted by atomic mass is 9.98. The number of hydrogen-bond acceptors (Lipinski definition) is 5. The molecule has 2 fully saturated rings. The number of amides is 1. The maximum Gasteiger partial charge on any atom is 0.276 e. The number of methoxy groups -OCH3 is 1. The number of carbonyl (C=O) groups excluding carboxylic acids is 1. The minimum absolute atomic E-state index is 0. The van der Waals surface area contributed by atoms with E-state index in [0.29, 0.717) is 35.3 Å². The van der Waals surface area contributed by atoms with Gasteiger partial charge < -0.3 is 15.0 Å². The molecule has 2 aliphatic rings. The van der Waals surface area contributed by atoms with Crippen molar-refractivity contribution in [2.75, 3.05) is 14.2 Å². The van der Waals surface area contributed by atoms with Gasteiger partial charge in [-0.25, -0.2) is 0 Å². The van der Waals surface area contributed by atoms with Crippen LogP contribution in [-0.4, -0.2) is 52.9 Å². The van der Waals surface area contributed by atoms with Crippen LogP contribution >= 0.6 is 12.4 Å². The largest absolute Gasteiger partial charge is 0.497 e. The van der Waals surface area contributed by atoms with Crippen molar-refractivity contribution in [2.24, 2.45) is 0 Å². The van der Waals surface area contributed by atoms with Gasteiger partial charge in [0.25, 0.3) is 5.91 Å². The van der Waals surface area contributed by atoms with Gasteiger partial charge in [-0.3, -0.25) is 14.3 Å². The molecule has 0 radical (unpaired) electrons. The molecule has 1 aromatic heterocycles.